The molecule has 0 aliphatic carbocycles. The average molecular weight is 392 g/mol. The second-order valence-corrected chi connectivity index (χ2v) is 8.30. The lowest BCUT2D eigenvalue weighted by atomic mass is 10.0. The largest absolute Gasteiger partial charge is 0.463 e. The minimum atomic E-state index is -0.557. The Labute approximate surface area is 164 Å². The quantitative estimate of drug-likeness (QED) is 0.705. The molecule has 3 rings (SSSR count). The fraction of sp³-hybridized carbons (Fsp3) is 0.684. The molecule has 2 aliphatic heterocycles. The van der Waals surface area contributed by atoms with Crippen molar-refractivity contribution < 1.29 is 23.9 Å². The zero-order valence-corrected chi connectivity index (χ0v) is 17.2. The molecule has 1 saturated heterocycles. The first-order chi connectivity index (χ1) is 13.1. The number of carbonyl (C=O) groups excluding carboxylic acids is 3. The van der Waals surface area contributed by atoms with E-state index in [1.807, 2.05) is 20.8 Å². The standard InChI is InChI=1S/C19H28N4O5/c1-19(2,3)28-18(26)23-8-6-12(10-23)16(24)22-9-7-14-13(11-22)20-15(21(14)4)17(25)27-5/h12H,6-11H2,1-5H3/t12-/m0/s1. The SMILES string of the molecule is COC(=O)c1nc2c(n1C)CCN(C(=O)[C@H]1CCN(C(=O)OC(C)(C)C)C1)C2. The van der Waals surface area contributed by atoms with E-state index in [2.05, 4.69) is 4.98 Å². The number of aromatic nitrogens is 2. The summed E-state index contributed by atoms with van der Waals surface area (Å²) in [5, 5.41) is 0. The van der Waals surface area contributed by atoms with E-state index >= 15 is 0 Å². The van der Waals surface area contributed by atoms with E-state index in [0.717, 1.165) is 11.4 Å². The van der Waals surface area contributed by atoms with Gasteiger partial charge in [0, 0.05) is 38.8 Å². The van der Waals surface area contributed by atoms with Gasteiger partial charge in [-0.3, -0.25) is 4.79 Å². The molecule has 0 unspecified atom stereocenters. The highest BCUT2D eigenvalue weighted by Crippen LogP contribution is 2.25. The first kappa shape index (κ1) is 20.2. The first-order valence-electron chi connectivity index (χ1n) is 9.50. The van der Waals surface area contributed by atoms with Crippen molar-refractivity contribution in [3.05, 3.63) is 17.2 Å². The Hall–Kier alpha value is -2.58. The number of ether oxygens (including phenoxy) is 2. The molecule has 0 bridgehead atoms. The van der Waals surface area contributed by atoms with Gasteiger partial charge in [0.05, 0.1) is 25.3 Å². The average Bonchev–Trinajstić information content (AvgIpc) is 3.24. The van der Waals surface area contributed by atoms with Crippen LogP contribution >= 0.6 is 0 Å². The zero-order chi connectivity index (χ0) is 20.6. The van der Waals surface area contributed by atoms with Crippen molar-refractivity contribution >= 4 is 18.0 Å². The van der Waals surface area contributed by atoms with Gasteiger partial charge >= 0.3 is 12.1 Å². The molecule has 28 heavy (non-hydrogen) atoms. The Kier molecular flexibility index (Phi) is 5.36. The maximum Gasteiger partial charge on any atom is 0.410 e. The molecule has 0 radical (unpaired) electrons. The lowest BCUT2D eigenvalue weighted by molar-refractivity contribution is -0.136. The summed E-state index contributed by atoms with van der Waals surface area (Å²) in [6, 6.07) is 0. The van der Waals surface area contributed by atoms with E-state index in [4.69, 9.17) is 9.47 Å². The second-order valence-electron chi connectivity index (χ2n) is 8.30. The van der Waals surface area contributed by atoms with Gasteiger partial charge in [0.25, 0.3) is 0 Å². The molecular formula is C19H28N4O5. The van der Waals surface area contributed by atoms with Crippen LogP contribution in [0, 0.1) is 5.92 Å². The Bertz CT molecular complexity index is 795. The number of nitrogens with zero attached hydrogens (tertiary/aromatic N) is 4. The highest BCUT2D eigenvalue weighted by Gasteiger charge is 2.37. The third-order valence-electron chi connectivity index (χ3n) is 5.12. The molecule has 3 heterocycles. The summed E-state index contributed by atoms with van der Waals surface area (Å²) in [6.45, 7) is 7.28. The smallest absolute Gasteiger partial charge is 0.410 e. The molecule has 9 nitrogen and oxygen atoms in total. The van der Waals surface area contributed by atoms with Gasteiger partial charge in [-0.1, -0.05) is 0 Å². The van der Waals surface area contributed by atoms with Crippen LogP contribution in [0.3, 0.4) is 0 Å². The Morgan fingerprint density at radius 3 is 2.50 bits per heavy atom. The van der Waals surface area contributed by atoms with Gasteiger partial charge in [0.15, 0.2) is 0 Å². The summed E-state index contributed by atoms with van der Waals surface area (Å²) in [6.07, 6.45) is 0.873. The lowest BCUT2D eigenvalue weighted by Crippen LogP contribution is -2.42. The molecular weight excluding hydrogens is 364 g/mol. The minimum absolute atomic E-state index is 0.0157. The molecule has 0 spiro atoms. The fourth-order valence-corrected chi connectivity index (χ4v) is 3.70. The number of rotatable bonds is 2. The van der Waals surface area contributed by atoms with Crippen molar-refractivity contribution in [2.75, 3.05) is 26.7 Å². The number of imidazole rings is 1. The molecule has 1 aromatic heterocycles. The molecule has 1 fully saturated rings. The van der Waals surface area contributed by atoms with Crippen LogP contribution in [0.5, 0.6) is 0 Å². The molecule has 2 amide bonds. The Morgan fingerprint density at radius 1 is 1.14 bits per heavy atom. The van der Waals surface area contributed by atoms with Crippen LogP contribution in [0.15, 0.2) is 0 Å². The third kappa shape index (κ3) is 3.98. The predicted octanol–water partition coefficient (Wildman–Crippen LogP) is 1.35. The summed E-state index contributed by atoms with van der Waals surface area (Å²) in [7, 11) is 3.10. The topological polar surface area (TPSA) is 94.0 Å². The van der Waals surface area contributed by atoms with Crippen LogP contribution in [0.4, 0.5) is 4.79 Å². The number of amides is 2. The number of methoxy groups -OCH3 is 1. The Balaban J connectivity index is 1.64. The van der Waals surface area contributed by atoms with Crippen LogP contribution in [0.2, 0.25) is 0 Å². The van der Waals surface area contributed by atoms with Crippen molar-refractivity contribution in [1.29, 1.82) is 0 Å². The molecule has 1 atom stereocenters. The van der Waals surface area contributed by atoms with E-state index in [9.17, 15) is 14.4 Å². The number of fused-ring (bicyclic) bond motifs is 1. The summed E-state index contributed by atoms with van der Waals surface area (Å²) in [5.74, 6) is -0.461. The number of esters is 1. The molecule has 1 aromatic rings. The number of hydrogen-bond donors (Lipinski definition) is 0. The highest BCUT2D eigenvalue weighted by atomic mass is 16.6. The second kappa shape index (κ2) is 7.44. The molecule has 0 saturated carbocycles. The fourth-order valence-electron chi connectivity index (χ4n) is 3.70. The zero-order valence-electron chi connectivity index (χ0n) is 17.2. The van der Waals surface area contributed by atoms with Crippen molar-refractivity contribution in [2.45, 2.75) is 45.8 Å². The van der Waals surface area contributed by atoms with Gasteiger partial charge in [-0.05, 0) is 27.2 Å². The normalized spacial score (nSPS) is 19.4. The molecule has 2 aliphatic rings. The maximum atomic E-state index is 13.0. The van der Waals surface area contributed by atoms with Crippen molar-refractivity contribution in [2.24, 2.45) is 13.0 Å². The number of carbonyl (C=O) groups is 3. The monoisotopic (exact) mass is 392 g/mol. The summed E-state index contributed by atoms with van der Waals surface area (Å²) in [4.78, 5) is 44.8. The van der Waals surface area contributed by atoms with Gasteiger partial charge < -0.3 is 23.8 Å². The van der Waals surface area contributed by atoms with Crippen LogP contribution in [-0.2, 0) is 34.3 Å². The molecule has 154 valence electrons. The summed E-state index contributed by atoms with van der Waals surface area (Å²) in [5.41, 5.74) is 1.12. The number of likely N-dealkylation sites (tertiary alicyclic amines) is 1. The van der Waals surface area contributed by atoms with Crippen LogP contribution in [-0.4, -0.2) is 69.7 Å². The number of hydrogen-bond acceptors (Lipinski definition) is 6. The van der Waals surface area contributed by atoms with Gasteiger partial charge in [-0.15, -0.1) is 0 Å². The molecule has 0 N–H and O–H groups in total. The summed E-state index contributed by atoms with van der Waals surface area (Å²) < 4.78 is 11.9. The molecule has 0 aromatic carbocycles. The maximum absolute atomic E-state index is 13.0. The van der Waals surface area contributed by atoms with Gasteiger partial charge in [0.2, 0.25) is 11.7 Å². The van der Waals surface area contributed by atoms with Crippen LogP contribution in [0.1, 0.15) is 49.2 Å². The van der Waals surface area contributed by atoms with E-state index in [1.54, 1.807) is 21.4 Å². The summed E-state index contributed by atoms with van der Waals surface area (Å²) >= 11 is 0. The van der Waals surface area contributed by atoms with Crippen molar-refractivity contribution in [3.8, 4) is 0 Å². The molecule has 9 heteroatoms. The van der Waals surface area contributed by atoms with Crippen LogP contribution < -0.4 is 0 Å². The van der Waals surface area contributed by atoms with Gasteiger partial charge in [-0.2, -0.15) is 0 Å². The van der Waals surface area contributed by atoms with Crippen LogP contribution in [0.25, 0.3) is 0 Å². The van der Waals surface area contributed by atoms with E-state index in [1.165, 1.54) is 7.11 Å². The van der Waals surface area contributed by atoms with E-state index in [0.29, 0.717) is 39.0 Å². The third-order valence-corrected chi connectivity index (χ3v) is 5.12. The lowest BCUT2D eigenvalue weighted by Gasteiger charge is -2.29. The van der Waals surface area contributed by atoms with Crippen molar-refractivity contribution in [1.82, 2.24) is 19.4 Å². The predicted molar refractivity (Wildman–Crippen MR) is 99.6 cm³/mol. The van der Waals surface area contributed by atoms with E-state index in [-0.39, 0.29) is 23.7 Å². The minimum Gasteiger partial charge on any atom is -0.463 e. The van der Waals surface area contributed by atoms with Crippen molar-refractivity contribution in [3.63, 3.8) is 0 Å². The van der Waals surface area contributed by atoms with Gasteiger partial charge in [0.1, 0.15) is 5.60 Å². The highest BCUT2D eigenvalue weighted by molar-refractivity contribution is 5.86. The van der Waals surface area contributed by atoms with E-state index < -0.39 is 11.6 Å². The first-order valence-corrected chi connectivity index (χ1v) is 9.50. The van der Waals surface area contributed by atoms with Gasteiger partial charge in [-0.25, -0.2) is 14.6 Å². The Morgan fingerprint density at radius 2 is 1.86 bits per heavy atom.